The van der Waals surface area contributed by atoms with Crippen LogP contribution >= 0.6 is 0 Å². The molecule has 0 spiro atoms. The standard InChI is InChI=1S/C29H28N10O2S/c1-42(40,41)26-9-8-23-29(37-26)39(28(35-23)22-3-2-13-33-27(22)31)21-6-4-19(5-7-21)18-38-15-11-20(12-16-38)34-24-10-14-32-25(17-30)36-24/h2-10,13-14,20H,11-12,15-16,18H2,1H3,(H2,31,33)(H,32,34,36). The molecule has 1 aliphatic rings. The third-order valence-electron chi connectivity index (χ3n) is 7.23. The summed E-state index contributed by atoms with van der Waals surface area (Å²) in [6.07, 6.45) is 6.25. The molecule has 0 atom stereocenters. The van der Waals surface area contributed by atoms with E-state index in [-0.39, 0.29) is 16.9 Å². The van der Waals surface area contributed by atoms with E-state index in [1.807, 2.05) is 28.8 Å². The quantitative estimate of drug-likeness (QED) is 0.290. The van der Waals surface area contributed by atoms with Gasteiger partial charge in [0.2, 0.25) is 5.82 Å². The molecule has 0 amide bonds. The highest BCUT2D eigenvalue weighted by Crippen LogP contribution is 2.31. The molecule has 0 saturated carbocycles. The number of nitrogens with zero attached hydrogens (tertiary/aromatic N) is 8. The summed E-state index contributed by atoms with van der Waals surface area (Å²) in [5, 5.41) is 12.4. The van der Waals surface area contributed by atoms with Crippen LogP contribution in [0.2, 0.25) is 0 Å². The number of benzene rings is 1. The maximum atomic E-state index is 12.3. The molecule has 1 saturated heterocycles. The largest absolute Gasteiger partial charge is 0.383 e. The Morgan fingerprint density at radius 2 is 1.79 bits per heavy atom. The minimum absolute atomic E-state index is 0.0263. The van der Waals surface area contributed by atoms with Crippen molar-refractivity contribution < 1.29 is 8.42 Å². The van der Waals surface area contributed by atoms with Gasteiger partial charge in [0.05, 0.1) is 5.56 Å². The number of hydrogen-bond donors (Lipinski definition) is 2. The Bertz CT molecular complexity index is 1910. The van der Waals surface area contributed by atoms with E-state index in [9.17, 15) is 8.42 Å². The van der Waals surface area contributed by atoms with Gasteiger partial charge in [-0.25, -0.2) is 33.3 Å². The van der Waals surface area contributed by atoms with Crippen LogP contribution in [0.3, 0.4) is 0 Å². The number of pyridine rings is 2. The summed E-state index contributed by atoms with van der Waals surface area (Å²) in [7, 11) is -3.52. The van der Waals surface area contributed by atoms with Crippen LogP contribution in [0.25, 0.3) is 28.2 Å². The van der Waals surface area contributed by atoms with Crippen LogP contribution in [-0.2, 0) is 16.4 Å². The van der Waals surface area contributed by atoms with Crippen molar-refractivity contribution in [1.82, 2.24) is 34.4 Å². The number of aromatic nitrogens is 6. The number of likely N-dealkylation sites (tertiary alicyclic amines) is 1. The maximum Gasteiger partial charge on any atom is 0.234 e. The molecule has 6 rings (SSSR count). The van der Waals surface area contributed by atoms with Gasteiger partial charge in [0, 0.05) is 50.0 Å². The number of sulfone groups is 1. The zero-order valence-electron chi connectivity index (χ0n) is 22.8. The van der Waals surface area contributed by atoms with E-state index >= 15 is 0 Å². The summed E-state index contributed by atoms with van der Waals surface area (Å²) in [6, 6.07) is 18.9. The zero-order chi connectivity index (χ0) is 29.3. The third kappa shape index (κ3) is 5.63. The average Bonchev–Trinajstić information content (AvgIpc) is 3.37. The number of imidazole rings is 1. The summed E-state index contributed by atoms with van der Waals surface area (Å²) < 4.78 is 26.4. The van der Waals surface area contributed by atoms with Gasteiger partial charge >= 0.3 is 0 Å². The van der Waals surface area contributed by atoms with E-state index in [0.29, 0.717) is 34.2 Å². The molecule has 5 aromatic rings. The van der Waals surface area contributed by atoms with Gasteiger partial charge in [0.1, 0.15) is 23.2 Å². The smallest absolute Gasteiger partial charge is 0.234 e. The number of anilines is 2. The van der Waals surface area contributed by atoms with Gasteiger partial charge in [0.15, 0.2) is 26.3 Å². The minimum atomic E-state index is -3.52. The van der Waals surface area contributed by atoms with Crippen molar-refractivity contribution in [3.05, 3.63) is 78.4 Å². The second kappa shape index (κ2) is 11.2. The first-order chi connectivity index (χ1) is 20.3. The normalized spacial score (nSPS) is 14.6. The molecule has 42 heavy (non-hydrogen) atoms. The number of nitrogen functional groups attached to an aromatic ring is 1. The summed E-state index contributed by atoms with van der Waals surface area (Å²) in [5.74, 6) is 1.68. The van der Waals surface area contributed by atoms with Crippen molar-refractivity contribution in [1.29, 1.82) is 5.26 Å². The Morgan fingerprint density at radius 3 is 2.50 bits per heavy atom. The lowest BCUT2D eigenvalue weighted by Gasteiger charge is -2.32. The molecule has 1 fully saturated rings. The molecule has 4 aromatic heterocycles. The molecule has 0 unspecified atom stereocenters. The molecule has 12 nitrogen and oxygen atoms in total. The lowest BCUT2D eigenvalue weighted by molar-refractivity contribution is 0.211. The van der Waals surface area contributed by atoms with Gasteiger partial charge in [0.25, 0.3) is 0 Å². The van der Waals surface area contributed by atoms with E-state index in [1.165, 1.54) is 6.07 Å². The van der Waals surface area contributed by atoms with Gasteiger partial charge in [-0.2, -0.15) is 5.26 Å². The minimum Gasteiger partial charge on any atom is -0.383 e. The van der Waals surface area contributed by atoms with E-state index in [1.54, 1.807) is 30.6 Å². The van der Waals surface area contributed by atoms with Crippen molar-refractivity contribution in [2.45, 2.75) is 30.5 Å². The average molecular weight is 581 g/mol. The Hall–Kier alpha value is -4.93. The molecule has 13 heteroatoms. The van der Waals surface area contributed by atoms with Gasteiger partial charge in [-0.15, -0.1) is 0 Å². The topological polar surface area (TPSA) is 169 Å². The molecular weight excluding hydrogens is 552 g/mol. The van der Waals surface area contributed by atoms with Crippen LogP contribution in [0, 0.1) is 11.3 Å². The fourth-order valence-corrected chi connectivity index (χ4v) is 5.69. The Labute approximate surface area is 242 Å². The van der Waals surface area contributed by atoms with Gasteiger partial charge in [-0.3, -0.25) is 9.47 Å². The van der Waals surface area contributed by atoms with Crippen molar-refractivity contribution in [2.24, 2.45) is 0 Å². The van der Waals surface area contributed by atoms with Gasteiger partial charge < -0.3 is 11.1 Å². The van der Waals surface area contributed by atoms with Crippen LogP contribution in [0.15, 0.2) is 72.0 Å². The number of piperidine rings is 1. The third-order valence-corrected chi connectivity index (χ3v) is 8.22. The summed E-state index contributed by atoms with van der Waals surface area (Å²) in [4.78, 5) is 24.0. The number of nitriles is 1. The SMILES string of the molecule is CS(=O)(=O)c1ccc2nc(-c3cccnc3N)n(-c3ccc(CN4CCC(Nc5ccnc(C#N)n5)CC4)cc3)c2n1. The van der Waals surface area contributed by atoms with Gasteiger partial charge in [-0.1, -0.05) is 12.1 Å². The molecule has 0 radical (unpaired) electrons. The fraction of sp³-hybridized carbons (Fsp3) is 0.241. The number of nitrogens with one attached hydrogen (secondary N) is 1. The predicted octanol–water partition coefficient (Wildman–Crippen LogP) is 3.21. The van der Waals surface area contributed by atoms with Crippen molar-refractivity contribution in [2.75, 3.05) is 30.4 Å². The fourth-order valence-electron chi connectivity index (χ4n) is 5.12. The summed E-state index contributed by atoms with van der Waals surface area (Å²) >= 11 is 0. The van der Waals surface area contributed by atoms with Crippen LogP contribution < -0.4 is 11.1 Å². The Morgan fingerprint density at radius 1 is 1.00 bits per heavy atom. The monoisotopic (exact) mass is 580 g/mol. The molecule has 0 bridgehead atoms. The van der Waals surface area contributed by atoms with Crippen LogP contribution in [-0.4, -0.2) is 68.2 Å². The highest BCUT2D eigenvalue weighted by atomic mass is 32.2. The van der Waals surface area contributed by atoms with E-state index in [0.717, 1.165) is 50.0 Å². The lowest BCUT2D eigenvalue weighted by Crippen LogP contribution is -2.38. The first-order valence-electron chi connectivity index (χ1n) is 13.4. The van der Waals surface area contributed by atoms with Crippen molar-refractivity contribution >= 4 is 32.6 Å². The first-order valence-corrected chi connectivity index (χ1v) is 15.3. The van der Waals surface area contributed by atoms with E-state index in [2.05, 4.69) is 42.3 Å². The number of nitrogens with two attached hydrogens (primary N) is 1. The maximum absolute atomic E-state index is 12.3. The van der Waals surface area contributed by atoms with E-state index in [4.69, 9.17) is 16.0 Å². The second-order valence-electron chi connectivity index (χ2n) is 10.2. The Balaban J connectivity index is 1.22. The number of hydrogen-bond acceptors (Lipinski definition) is 11. The van der Waals surface area contributed by atoms with Gasteiger partial charge in [-0.05, 0) is 60.9 Å². The highest BCUT2D eigenvalue weighted by molar-refractivity contribution is 7.90. The summed E-state index contributed by atoms with van der Waals surface area (Å²) in [6.45, 7) is 2.64. The lowest BCUT2D eigenvalue weighted by atomic mass is 10.0. The molecule has 1 aromatic carbocycles. The van der Waals surface area contributed by atoms with Crippen molar-refractivity contribution in [3.8, 4) is 23.1 Å². The summed E-state index contributed by atoms with van der Waals surface area (Å²) in [5.41, 5.74) is 9.73. The molecule has 1 aliphatic heterocycles. The van der Waals surface area contributed by atoms with Crippen molar-refractivity contribution in [3.63, 3.8) is 0 Å². The number of rotatable bonds is 7. The van der Waals surface area contributed by atoms with Crippen LogP contribution in [0.1, 0.15) is 24.2 Å². The second-order valence-corrected chi connectivity index (χ2v) is 12.2. The first kappa shape index (κ1) is 27.3. The Kier molecular flexibility index (Phi) is 7.24. The molecule has 212 valence electrons. The van der Waals surface area contributed by atoms with Crippen LogP contribution in [0.5, 0.6) is 0 Å². The molecular formula is C29H28N10O2S. The zero-order valence-corrected chi connectivity index (χ0v) is 23.7. The van der Waals surface area contributed by atoms with Crippen LogP contribution in [0.4, 0.5) is 11.6 Å². The van der Waals surface area contributed by atoms with E-state index < -0.39 is 9.84 Å². The molecule has 3 N–H and O–H groups in total. The molecule has 0 aliphatic carbocycles. The highest BCUT2D eigenvalue weighted by Gasteiger charge is 2.22. The number of fused-ring (bicyclic) bond motifs is 1. The molecule has 5 heterocycles. The predicted molar refractivity (Wildman–Crippen MR) is 158 cm³/mol.